The quantitative estimate of drug-likeness (QED) is 0.777. The van der Waals surface area contributed by atoms with Crippen molar-refractivity contribution in [2.45, 2.75) is 13.3 Å². The van der Waals surface area contributed by atoms with Crippen molar-refractivity contribution in [2.24, 2.45) is 0 Å². The largest absolute Gasteiger partial charge is 0.497 e. The van der Waals surface area contributed by atoms with Crippen LogP contribution < -0.4 is 14.8 Å². The van der Waals surface area contributed by atoms with Crippen LogP contribution in [0.5, 0.6) is 11.6 Å². The predicted molar refractivity (Wildman–Crippen MR) is 77.0 cm³/mol. The molecule has 0 spiro atoms. The molecule has 0 aliphatic carbocycles. The molecule has 1 heterocycles. The standard InChI is InChI=1S/C15H20N2O2/c1-3-7-16-9-10-19-15-14-5-4-13(18-2)11-12(14)6-8-17-15/h4-6,8,11,16H,3,7,9-10H2,1-2H3. The number of hydrogen-bond donors (Lipinski definition) is 1. The molecule has 4 nitrogen and oxygen atoms in total. The molecule has 0 unspecified atom stereocenters. The number of aromatic nitrogens is 1. The van der Waals surface area contributed by atoms with E-state index >= 15 is 0 Å². The number of nitrogens with zero attached hydrogens (tertiary/aromatic N) is 1. The first kappa shape index (κ1) is 13.6. The van der Waals surface area contributed by atoms with Crippen LogP contribution in [0.2, 0.25) is 0 Å². The summed E-state index contributed by atoms with van der Waals surface area (Å²) in [5.74, 6) is 1.52. The molecule has 0 aliphatic heterocycles. The zero-order valence-corrected chi connectivity index (χ0v) is 11.5. The van der Waals surface area contributed by atoms with Crippen molar-refractivity contribution in [3.05, 3.63) is 30.5 Å². The Balaban J connectivity index is 2.06. The minimum Gasteiger partial charge on any atom is -0.497 e. The zero-order chi connectivity index (χ0) is 13.5. The molecule has 4 heteroatoms. The Bertz CT molecular complexity index is 529. The van der Waals surface area contributed by atoms with Gasteiger partial charge >= 0.3 is 0 Å². The van der Waals surface area contributed by atoms with E-state index in [-0.39, 0.29) is 0 Å². The third kappa shape index (κ3) is 3.58. The molecule has 0 fully saturated rings. The second kappa shape index (κ2) is 6.95. The van der Waals surface area contributed by atoms with Crippen LogP contribution in [0.3, 0.4) is 0 Å². The van der Waals surface area contributed by atoms with Gasteiger partial charge in [-0.1, -0.05) is 6.92 Å². The minimum atomic E-state index is 0.623. The molecular formula is C15H20N2O2. The lowest BCUT2D eigenvalue weighted by Crippen LogP contribution is -2.21. The van der Waals surface area contributed by atoms with Crippen LogP contribution in [0.15, 0.2) is 30.5 Å². The van der Waals surface area contributed by atoms with Gasteiger partial charge in [0.2, 0.25) is 5.88 Å². The highest BCUT2D eigenvalue weighted by Crippen LogP contribution is 2.26. The molecular weight excluding hydrogens is 240 g/mol. The van der Waals surface area contributed by atoms with Gasteiger partial charge in [0.25, 0.3) is 0 Å². The van der Waals surface area contributed by atoms with E-state index in [0.717, 1.165) is 36.0 Å². The number of rotatable bonds is 7. The fourth-order valence-corrected chi connectivity index (χ4v) is 1.89. The normalized spacial score (nSPS) is 10.6. The van der Waals surface area contributed by atoms with Crippen LogP contribution >= 0.6 is 0 Å². The molecule has 1 aromatic heterocycles. The average molecular weight is 260 g/mol. The first-order valence-corrected chi connectivity index (χ1v) is 6.61. The van der Waals surface area contributed by atoms with E-state index in [1.165, 1.54) is 0 Å². The molecule has 0 aliphatic rings. The third-order valence-corrected chi connectivity index (χ3v) is 2.88. The van der Waals surface area contributed by atoms with E-state index in [1.807, 2.05) is 24.3 Å². The third-order valence-electron chi connectivity index (χ3n) is 2.88. The van der Waals surface area contributed by atoms with E-state index in [1.54, 1.807) is 13.3 Å². The summed E-state index contributed by atoms with van der Waals surface area (Å²) in [6, 6.07) is 7.85. The zero-order valence-electron chi connectivity index (χ0n) is 11.5. The molecule has 1 aromatic carbocycles. The molecule has 0 amide bonds. The number of hydrogen-bond acceptors (Lipinski definition) is 4. The number of pyridine rings is 1. The van der Waals surface area contributed by atoms with Crippen molar-refractivity contribution in [1.29, 1.82) is 0 Å². The first-order valence-electron chi connectivity index (χ1n) is 6.61. The van der Waals surface area contributed by atoms with Gasteiger partial charge in [0, 0.05) is 18.1 Å². The topological polar surface area (TPSA) is 43.4 Å². The lowest BCUT2D eigenvalue weighted by molar-refractivity contribution is 0.306. The minimum absolute atomic E-state index is 0.623. The maximum atomic E-state index is 5.72. The monoisotopic (exact) mass is 260 g/mol. The highest BCUT2D eigenvalue weighted by Gasteiger charge is 2.04. The Morgan fingerprint density at radius 1 is 1.21 bits per heavy atom. The van der Waals surface area contributed by atoms with Crippen LogP contribution in [0, 0.1) is 0 Å². The van der Waals surface area contributed by atoms with Crippen molar-refractivity contribution in [1.82, 2.24) is 10.3 Å². The van der Waals surface area contributed by atoms with Crippen molar-refractivity contribution in [3.63, 3.8) is 0 Å². The molecule has 0 saturated carbocycles. The lowest BCUT2D eigenvalue weighted by atomic mass is 10.1. The number of fused-ring (bicyclic) bond motifs is 1. The van der Waals surface area contributed by atoms with Crippen LogP contribution in [0.25, 0.3) is 10.8 Å². The van der Waals surface area contributed by atoms with E-state index in [2.05, 4.69) is 17.2 Å². The Labute approximate surface area is 113 Å². The van der Waals surface area contributed by atoms with Gasteiger partial charge in [-0.3, -0.25) is 0 Å². The van der Waals surface area contributed by atoms with Crippen molar-refractivity contribution < 1.29 is 9.47 Å². The average Bonchev–Trinajstić information content (AvgIpc) is 2.46. The Morgan fingerprint density at radius 3 is 2.89 bits per heavy atom. The second-order valence-electron chi connectivity index (χ2n) is 4.30. The smallest absolute Gasteiger partial charge is 0.221 e. The molecule has 2 rings (SSSR count). The summed E-state index contributed by atoms with van der Waals surface area (Å²) in [6.07, 6.45) is 2.89. The lowest BCUT2D eigenvalue weighted by Gasteiger charge is -2.09. The summed E-state index contributed by atoms with van der Waals surface area (Å²) in [4.78, 5) is 4.29. The molecule has 0 bridgehead atoms. The highest BCUT2D eigenvalue weighted by molar-refractivity contribution is 5.87. The summed E-state index contributed by atoms with van der Waals surface area (Å²) in [5.41, 5.74) is 0. The van der Waals surface area contributed by atoms with Crippen LogP contribution in [-0.2, 0) is 0 Å². The number of benzene rings is 1. The summed E-state index contributed by atoms with van der Waals surface area (Å²) in [5, 5.41) is 5.39. The molecule has 0 atom stereocenters. The second-order valence-corrected chi connectivity index (χ2v) is 4.30. The summed E-state index contributed by atoms with van der Waals surface area (Å²) < 4.78 is 10.9. The summed E-state index contributed by atoms with van der Waals surface area (Å²) in [7, 11) is 1.67. The van der Waals surface area contributed by atoms with Gasteiger partial charge in [-0.25, -0.2) is 4.98 Å². The number of ether oxygens (including phenoxy) is 2. The van der Waals surface area contributed by atoms with E-state index in [4.69, 9.17) is 9.47 Å². The van der Waals surface area contributed by atoms with Gasteiger partial charge in [-0.2, -0.15) is 0 Å². The van der Waals surface area contributed by atoms with E-state index in [9.17, 15) is 0 Å². The first-order chi connectivity index (χ1) is 9.35. The van der Waals surface area contributed by atoms with Crippen LogP contribution in [0.1, 0.15) is 13.3 Å². The Morgan fingerprint density at radius 2 is 2.11 bits per heavy atom. The predicted octanol–water partition coefficient (Wildman–Crippen LogP) is 2.62. The molecule has 19 heavy (non-hydrogen) atoms. The SMILES string of the molecule is CCCNCCOc1nccc2cc(OC)ccc12. The summed E-state index contributed by atoms with van der Waals surface area (Å²) in [6.45, 7) is 4.62. The van der Waals surface area contributed by atoms with Crippen LogP contribution in [0.4, 0.5) is 0 Å². The number of nitrogens with one attached hydrogen (secondary N) is 1. The van der Waals surface area contributed by atoms with Gasteiger partial charge in [0.15, 0.2) is 0 Å². The van der Waals surface area contributed by atoms with Crippen molar-refractivity contribution >= 4 is 10.8 Å². The molecule has 2 aromatic rings. The molecule has 102 valence electrons. The maximum absolute atomic E-state index is 5.72. The van der Waals surface area contributed by atoms with E-state index in [0.29, 0.717) is 12.5 Å². The van der Waals surface area contributed by atoms with Gasteiger partial charge in [-0.15, -0.1) is 0 Å². The Kier molecular flexibility index (Phi) is 4.98. The Hall–Kier alpha value is -1.81. The van der Waals surface area contributed by atoms with Crippen molar-refractivity contribution in [3.8, 4) is 11.6 Å². The molecule has 0 saturated heterocycles. The number of methoxy groups -OCH3 is 1. The van der Waals surface area contributed by atoms with E-state index < -0.39 is 0 Å². The highest BCUT2D eigenvalue weighted by atomic mass is 16.5. The van der Waals surface area contributed by atoms with Gasteiger partial charge < -0.3 is 14.8 Å². The van der Waals surface area contributed by atoms with Crippen LogP contribution in [-0.4, -0.2) is 31.8 Å². The maximum Gasteiger partial charge on any atom is 0.221 e. The molecule has 0 radical (unpaired) electrons. The van der Waals surface area contributed by atoms with Gasteiger partial charge in [0.05, 0.1) is 7.11 Å². The summed E-state index contributed by atoms with van der Waals surface area (Å²) >= 11 is 0. The van der Waals surface area contributed by atoms with Gasteiger partial charge in [-0.05, 0) is 42.6 Å². The fourth-order valence-electron chi connectivity index (χ4n) is 1.89. The fraction of sp³-hybridized carbons (Fsp3) is 0.400. The molecule has 1 N–H and O–H groups in total. The van der Waals surface area contributed by atoms with Gasteiger partial charge in [0.1, 0.15) is 12.4 Å². The van der Waals surface area contributed by atoms with Crippen molar-refractivity contribution in [2.75, 3.05) is 26.8 Å².